The Labute approximate surface area is 124 Å². The summed E-state index contributed by atoms with van der Waals surface area (Å²) < 4.78 is 28.1. The molecule has 2 aromatic carbocycles. The highest BCUT2D eigenvalue weighted by molar-refractivity contribution is 5.70. The number of rotatable bonds is 2. The summed E-state index contributed by atoms with van der Waals surface area (Å²) >= 11 is 0. The molecule has 110 valence electrons. The number of hydrogen-bond acceptors (Lipinski definition) is 1. The first-order valence-electron chi connectivity index (χ1n) is 7.29. The lowest BCUT2D eigenvalue weighted by Crippen LogP contribution is -2.33. The van der Waals surface area contributed by atoms with Crippen molar-refractivity contribution in [3.8, 4) is 11.1 Å². The van der Waals surface area contributed by atoms with Crippen LogP contribution >= 0.6 is 0 Å². The highest BCUT2D eigenvalue weighted by Gasteiger charge is 2.24. The predicted octanol–water partition coefficient (Wildman–Crippen LogP) is 4.05. The minimum atomic E-state index is -0.488. The minimum absolute atomic E-state index is 0.109. The van der Waals surface area contributed by atoms with Crippen LogP contribution in [0.5, 0.6) is 0 Å². The van der Waals surface area contributed by atoms with Crippen molar-refractivity contribution in [2.45, 2.75) is 25.3 Å². The monoisotopic (exact) mass is 287 g/mol. The summed E-state index contributed by atoms with van der Waals surface area (Å²) in [6.45, 7) is 0. The van der Waals surface area contributed by atoms with Crippen LogP contribution < -0.4 is 0 Å². The van der Waals surface area contributed by atoms with Gasteiger partial charge in [-0.1, -0.05) is 24.3 Å². The van der Waals surface area contributed by atoms with Gasteiger partial charge in [-0.25, -0.2) is 8.78 Å². The molecule has 0 radical (unpaired) electrons. The molecule has 1 aliphatic carbocycles. The fraction of sp³-hybridized carbons (Fsp3) is 0.333. The third kappa shape index (κ3) is 2.58. The van der Waals surface area contributed by atoms with Gasteiger partial charge >= 0.3 is 0 Å². The number of benzene rings is 2. The van der Waals surface area contributed by atoms with Gasteiger partial charge in [0.25, 0.3) is 0 Å². The summed E-state index contributed by atoms with van der Waals surface area (Å²) in [5.74, 6) is -0.976. The zero-order chi connectivity index (χ0) is 15.0. The molecule has 0 N–H and O–H groups in total. The van der Waals surface area contributed by atoms with Gasteiger partial charge in [-0.15, -0.1) is 0 Å². The first kappa shape index (κ1) is 14.2. The number of halogens is 2. The number of hydrogen-bond donors (Lipinski definition) is 0. The van der Waals surface area contributed by atoms with Crippen molar-refractivity contribution in [1.82, 2.24) is 4.90 Å². The molecule has 0 saturated heterocycles. The minimum Gasteiger partial charge on any atom is -0.306 e. The van der Waals surface area contributed by atoms with Crippen LogP contribution in [0.1, 0.15) is 17.5 Å². The first-order chi connectivity index (χ1) is 10.1. The van der Waals surface area contributed by atoms with Gasteiger partial charge in [-0.2, -0.15) is 0 Å². The van der Waals surface area contributed by atoms with Gasteiger partial charge in [0.15, 0.2) is 0 Å². The van der Waals surface area contributed by atoms with Crippen molar-refractivity contribution < 1.29 is 8.78 Å². The number of nitrogens with zero attached hydrogens (tertiary/aromatic N) is 1. The van der Waals surface area contributed by atoms with E-state index in [0.29, 0.717) is 11.6 Å². The predicted molar refractivity (Wildman–Crippen MR) is 81.3 cm³/mol. The highest BCUT2D eigenvalue weighted by Crippen LogP contribution is 2.35. The molecule has 1 nitrogen and oxygen atoms in total. The summed E-state index contributed by atoms with van der Waals surface area (Å²) in [5, 5.41) is 0. The molecule has 21 heavy (non-hydrogen) atoms. The van der Waals surface area contributed by atoms with Crippen molar-refractivity contribution in [2.75, 3.05) is 14.1 Å². The zero-order valence-electron chi connectivity index (χ0n) is 12.4. The average molecular weight is 287 g/mol. The first-order valence-corrected chi connectivity index (χ1v) is 7.29. The summed E-state index contributed by atoms with van der Waals surface area (Å²) in [6.07, 6.45) is 2.82. The smallest absolute Gasteiger partial charge is 0.133 e. The normalized spacial score (nSPS) is 17.9. The molecule has 0 saturated carbocycles. The molecular formula is C18H19F2N. The van der Waals surface area contributed by atoms with Crippen LogP contribution in [0.4, 0.5) is 8.78 Å². The summed E-state index contributed by atoms with van der Waals surface area (Å²) in [4.78, 5) is 2.22. The second-order valence-corrected chi connectivity index (χ2v) is 5.90. The number of likely N-dealkylation sites (N-methyl/N-ethyl adjacent to an activating group) is 1. The van der Waals surface area contributed by atoms with E-state index in [9.17, 15) is 8.78 Å². The summed E-state index contributed by atoms with van der Waals surface area (Å²) in [7, 11) is 4.16. The van der Waals surface area contributed by atoms with Gasteiger partial charge in [0.1, 0.15) is 11.6 Å². The fourth-order valence-corrected chi connectivity index (χ4v) is 3.22. The molecule has 0 bridgehead atoms. The fourth-order valence-electron chi connectivity index (χ4n) is 3.22. The Morgan fingerprint density at radius 1 is 1.00 bits per heavy atom. The molecule has 0 aromatic heterocycles. The second-order valence-electron chi connectivity index (χ2n) is 5.90. The van der Waals surface area contributed by atoms with E-state index in [-0.39, 0.29) is 5.56 Å². The Morgan fingerprint density at radius 3 is 2.33 bits per heavy atom. The van der Waals surface area contributed by atoms with E-state index in [1.807, 2.05) is 12.1 Å². The van der Waals surface area contributed by atoms with E-state index in [1.165, 1.54) is 23.8 Å². The van der Waals surface area contributed by atoms with Gasteiger partial charge in [0.2, 0.25) is 0 Å². The molecule has 3 heteroatoms. The molecule has 0 aliphatic heterocycles. The van der Waals surface area contributed by atoms with Gasteiger partial charge < -0.3 is 4.90 Å². The lowest BCUT2D eigenvalue weighted by atomic mass is 9.83. The Bertz CT molecular complexity index is 644. The van der Waals surface area contributed by atoms with Gasteiger partial charge in [0, 0.05) is 6.04 Å². The van der Waals surface area contributed by atoms with E-state index < -0.39 is 11.6 Å². The molecular weight excluding hydrogens is 268 g/mol. The van der Waals surface area contributed by atoms with E-state index in [0.717, 1.165) is 24.8 Å². The van der Waals surface area contributed by atoms with Crippen LogP contribution in [-0.4, -0.2) is 25.0 Å². The molecule has 0 fully saturated rings. The highest BCUT2D eigenvalue weighted by atomic mass is 19.1. The van der Waals surface area contributed by atoms with Crippen LogP contribution in [0.3, 0.4) is 0 Å². The van der Waals surface area contributed by atoms with E-state index in [1.54, 1.807) is 0 Å². The van der Waals surface area contributed by atoms with Crippen molar-refractivity contribution in [3.05, 3.63) is 59.2 Å². The molecule has 1 unspecified atom stereocenters. The van der Waals surface area contributed by atoms with E-state index in [2.05, 4.69) is 25.1 Å². The largest absolute Gasteiger partial charge is 0.306 e. The quantitative estimate of drug-likeness (QED) is 0.805. The van der Waals surface area contributed by atoms with Crippen LogP contribution in [0.25, 0.3) is 11.1 Å². The summed E-state index contributed by atoms with van der Waals surface area (Å²) in [5.41, 5.74) is 3.12. The Morgan fingerprint density at radius 2 is 1.67 bits per heavy atom. The Kier molecular flexibility index (Phi) is 3.77. The third-order valence-electron chi connectivity index (χ3n) is 4.42. The second kappa shape index (κ2) is 5.57. The van der Waals surface area contributed by atoms with E-state index in [4.69, 9.17) is 0 Å². The van der Waals surface area contributed by atoms with Crippen molar-refractivity contribution in [3.63, 3.8) is 0 Å². The molecule has 2 aromatic rings. The summed E-state index contributed by atoms with van der Waals surface area (Å²) in [6, 6.07) is 10.4. The molecule has 0 amide bonds. The number of fused-ring (bicyclic) bond motifs is 1. The van der Waals surface area contributed by atoms with Gasteiger partial charge in [-0.05, 0) is 62.2 Å². The van der Waals surface area contributed by atoms with Gasteiger partial charge in [0.05, 0.1) is 5.56 Å². The zero-order valence-corrected chi connectivity index (χ0v) is 12.4. The molecule has 0 heterocycles. The lowest BCUT2D eigenvalue weighted by Gasteiger charge is -2.31. The van der Waals surface area contributed by atoms with E-state index >= 15 is 0 Å². The van der Waals surface area contributed by atoms with Crippen LogP contribution in [0.2, 0.25) is 0 Å². The third-order valence-corrected chi connectivity index (χ3v) is 4.42. The standard InChI is InChI=1S/C18H19F2N/c1-21(2)13-9-10-14-12(11-13)5-3-6-15(14)18-16(19)7-4-8-17(18)20/h3-8,13H,9-11H2,1-2H3. The Hall–Kier alpha value is -1.74. The van der Waals surface area contributed by atoms with Crippen LogP contribution in [-0.2, 0) is 12.8 Å². The molecule has 3 rings (SSSR count). The van der Waals surface area contributed by atoms with Crippen molar-refractivity contribution in [1.29, 1.82) is 0 Å². The SMILES string of the molecule is CN(C)C1CCc2c(cccc2-c2c(F)cccc2F)C1. The Balaban J connectivity index is 2.09. The maximum absolute atomic E-state index is 14.1. The molecule has 1 aliphatic rings. The average Bonchev–Trinajstić information content (AvgIpc) is 2.46. The lowest BCUT2D eigenvalue weighted by molar-refractivity contribution is 0.268. The molecule has 1 atom stereocenters. The van der Waals surface area contributed by atoms with Crippen LogP contribution in [0.15, 0.2) is 36.4 Å². The topological polar surface area (TPSA) is 3.24 Å². The van der Waals surface area contributed by atoms with Crippen molar-refractivity contribution in [2.24, 2.45) is 0 Å². The van der Waals surface area contributed by atoms with Gasteiger partial charge in [-0.3, -0.25) is 0 Å². The van der Waals surface area contributed by atoms with Crippen molar-refractivity contribution >= 4 is 0 Å². The maximum atomic E-state index is 14.1. The molecule has 0 spiro atoms. The van der Waals surface area contributed by atoms with Crippen LogP contribution in [0, 0.1) is 11.6 Å². The maximum Gasteiger partial charge on any atom is 0.133 e.